The van der Waals surface area contributed by atoms with Crippen LogP contribution in [0.3, 0.4) is 0 Å². The van der Waals surface area contributed by atoms with Crippen molar-refractivity contribution in [2.75, 3.05) is 0 Å². The molecule has 0 aliphatic carbocycles. The van der Waals surface area contributed by atoms with Crippen LogP contribution in [0.15, 0.2) is 48.0 Å². The number of benzene rings is 2. The standard InChI is InChI=1S/C11H16.C10H11NS/c1-9-5-7-10(8-6-9)11(2,3)4;1-7(2)8-3-4-9-10(5-8)12-6-11-9/h5-8H,1-4H3;3-7H,1-2H3. The molecule has 2 aromatic carbocycles. The number of hydrogen-bond donors (Lipinski definition) is 0. The average Bonchev–Trinajstić information content (AvgIpc) is 2.94. The van der Waals surface area contributed by atoms with E-state index >= 15 is 0 Å². The number of hydrogen-bond acceptors (Lipinski definition) is 2. The van der Waals surface area contributed by atoms with Crippen molar-refractivity contribution in [3.05, 3.63) is 64.7 Å². The summed E-state index contributed by atoms with van der Waals surface area (Å²) in [5.74, 6) is 0.608. The van der Waals surface area contributed by atoms with E-state index in [4.69, 9.17) is 0 Å². The molecule has 2 heteroatoms. The molecule has 0 unspecified atom stereocenters. The summed E-state index contributed by atoms with van der Waals surface area (Å²) in [6.07, 6.45) is 0. The van der Waals surface area contributed by atoms with Crippen LogP contribution in [0.1, 0.15) is 57.2 Å². The lowest BCUT2D eigenvalue weighted by atomic mass is 9.87. The predicted octanol–water partition coefficient (Wildman–Crippen LogP) is 6.71. The summed E-state index contributed by atoms with van der Waals surface area (Å²) in [5, 5.41) is 0. The molecule has 3 rings (SSSR count). The molecular weight excluding hydrogens is 298 g/mol. The lowest BCUT2D eigenvalue weighted by Gasteiger charge is -2.18. The largest absolute Gasteiger partial charge is 0.245 e. The van der Waals surface area contributed by atoms with Crippen molar-refractivity contribution in [1.82, 2.24) is 4.98 Å². The van der Waals surface area contributed by atoms with Gasteiger partial charge in [0.2, 0.25) is 0 Å². The van der Waals surface area contributed by atoms with Gasteiger partial charge >= 0.3 is 0 Å². The van der Waals surface area contributed by atoms with Gasteiger partial charge in [0.05, 0.1) is 15.7 Å². The van der Waals surface area contributed by atoms with Gasteiger partial charge in [-0.25, -0.2) is 4.98 Å². The molecule has 1 aromatic heterocycles. The maximum Gasteiger partial charge on any atom is 0.0812 e. The molecule has 0 aliphatic heterocycles. The molecule has 0 N–H and O–H groups in total. The van der Waals surface area contributed by atoms with E-state index in [1.54, 1.807) is 11.3 Å². The van der Waals surface area contributed by atoms with Gasteiger partial charge in [-0.1, -0.05) is 70.5 Å². The lowest BCUT2D eigenvalue weighted by molar-refractivity contribution is 0.590. The second-order valence-corrected chi connectivity index (χ2v) is 8.24. The van der Waals surface area contributed by atoms with E-state index in [2.05, 4.69) is 89.0 Å². The second-order valence-electron chi connectivity index (χ2n) is 7.35. The van der Waals surface area contributed by atoms with Gasteiger partial charge < -0.3 is 0 Å². The summed E-state index contributed by atoms with van der Waals surface area (Å²) in [7, 11) is 0. The third kappa shape index (κ3) is 4.90. The van der Waals surface area contributed by atoms with Crippen LogP contribution in [0, 0.1) is 6.92 Å². The van der Waals surface area contributed by atoms with Crippen molar-refractivity contribution in [3.8, 4) is 0 Å². The first-order chi connectivity index (χ1) is 10.8. The second kappa shape index (κ2) is 7.27. The highest BCUT2D eigenvalue weighted by atomic mass is 32.1. The Labute approximate surface area is 144 Å². The molecule has 0 atom stereocenters. The fourth-order valence-corrected chi connectivity index (χ4v) is 3.01. The SMILES string of the molecule is CC(C)c1ccc2ncsc2c1.Cc1ccc(C(C)(C)C)cc1. The van der Waals surface area contributed by atoms with Crippen molar-refractivity contribution < 1.29 is 0 Å². The zero-order chi connectivity index (χ0) is 17.0. The van der Waals surface area contributed by atoms with Crippen molar-refractivity contribution in [3.63, 3.8) is 0 Å². The van der Waals surface area contributed by atoms with Gasteiger partial charge in [0.1, 0.15) is 0 Å². The Kier molecular flexibility index (Phi) is 5.59. The Morgan fingerprint density at radius 3 is 2.17 bits per heavy atom. The van der Waals surface area contributed by atoms with Crippen LogP contribution in [0.2, 0.25) is 0 Å². The monoisotopic (exact) mass is 325 g/mol. The van der Waals surface area contributed by atoms with E-state index in [-0.39, 0.29) is 5.41 Å². The topological polar surface area (TPSA) is 12.9 Å². The number of nitrogens with zero attached hydrogens (tertiary/aromatic N) is 1. The summed E-state index contributed by atoms with van der Waals surface area (Å²) < 4.78 is 1.29. The molecule has 0 spiro atoms. The molecule has 122 valence electrons. The maximum absolute atomic E-state index is 4.24. The smallest absolute Gasteiger partial charge is 0.0812 e. The van der Waals surface area contributed by atoms with Crippen molar-refractivity contribution in [1.29, 1.82) is 0 Å². The minimum absolute atomic E-state index is 0.285. The zero-order valence-corrected chi connectivity index (χ0v) is 15.9. The number of fused-ring (bicyclic) bond motifs is 1. The number of rotatable bonds is 1. The molecule has 0 bridgehead atoms. The Hall–Kier alpha value is -1.67. The van der Waals surface area contributed by atoms with Crippen LogP contribution in [-0.4, -0.2) is 4.98 Å². The molecule has 1 heterocycles. The van der Waals surface area contributed by atoms with Gasteiger partial charge in [0.25, 0.3) is 0 Å². The third-order valence-electron chi connectivity index (χ3n) is 3.94. The summed E-state index contributed by atoms with van der Waals surface area (Å²) in [4.78, 5) is 4.24. The molecule has 0 radical (unpaired) electrons. The first kappa shape index (κ1) is 17.7. The fourth-order valence-electron chi connectivity index (χ4n) is 2.28. The van der Waals surface area contributed by atoms with E-state index in [0.29, 0.717) is 5.92 Å². The fraction of sp³-hybridized carbons (Fsp3) is 0.381. The van der Waals surface area contributed by atoms with Crippen molar-refractivity contribution >= 4 is 21.6 Å². The molecule has 23 heavy (non-hydrogen) atoms. The average molecular weight is 326 g/mol. The summed E-state index contributed by atoms with van der Waals surface area (Å²) >= 11 is 1.71. The first-order valence-corrected chi connectivity index (χ1v) is 9.05. The molecule has 0 saturated carbocycles. The van der Waals surface area contributed by atoms with Crippen LogP contribution < -0.4 is 0 Å². The van der Waals surface area contributed by atoms with Gasteiger partial charge in [-0.15, -0.1) is 11.3 Å². The van der Waals surface area contributed by atoms with Gasteiger partial charge in [0.15, 0.2) is 0 Å². The molecule has 1 nitrogen and oxygen atoms in total. The van der Waals surface area contributed by atoms with Crippen LogP contribution in [-0.2, 0) is 5.41 Å². The van der Waals surface area contributed by atoms with E-state index in [1.807, 2.05) is 5.51 Å². The highest BCUT2D eigenvalue weighted by molar-refractivity contribution is 7.16. The highest BCUT2D eigenvalue weighted by Crippen LogP contribution is 2.23. The Bertz CT molecular complexity index is 745. The Morgan fingerprint density at radius 2 is 1.61 bits per heavy atom. The number of aromatic nitrogens is 1. The van der Waals surface area contributed by atoms with Gasteiger partial charge in [-0.3, -0.25) is 0 Å². The molecule has 0 amide bonds. The van der Waals surface area contributed by atoms with E-state index in [1.165, 1.54) is 21.4 Å². The number of thiazole rings is 1. The van der Waals surface area contributed by atoms with Gasteiger partial charge in [-0.2, -0.15) is 0 Å². The lowest BCUT2D eigenvalue weighted by Crippen LogP contribution is -2.10. The highest BCUT2D eigenvalue weighted by Gasteiger charge is 2.11. The normalized spacial score (nSPS) is 11.4. The van der Waals surface area contributed by atoms with Crippen molar-refractivity contribution in [2.24, 2.45) is 0 Å². The molecule has 0 aliphatic rings. The minimum Gasteiger partial charge on any atom is -0.245 e. The third-order valence-corrected chi connectivity index (χ3v) is 4.73. The minimum atomic E-state index is 0.285. The van der Waals surface area contributed by atoms with Gasteiger partial charge in [-0.05, 0) is 41.5 Å². The van der Waals surface area contributed by atoms with Crippen LogP contribution >= 0.6 is 11.3 Å². The van der Waals surface area contributed by atoms with Crippen LogP contribution in [0.25, 0.3) is 10.2 Å². The van der Waals surface area contributed by atoms with Crippen LogP contribution in [0.4, 0.5) is 0 Å². The molecule has 3 aromatic rings. The number of aryl methyl sites for hydroxylation is 1. The predicted molar refractivity (Wildman–Crippen MR) is 104 cm³/mol. The van der Waals surface area contributed by atoms with Gasteiger partial charge in [0, 0.05) is 0 Å². The van der Waals surface area contributed by atoms with E-state index in [9.17, 15) is 0 Å². The quantitative estimate of drug-likeness (QED) is 0.484. The maximum atomic E-state index is 4.24. The Balaban J connectivity index is 0.000000168. The van der Waals surface area contributed by atoms with E-state index < -0.39 is 0 Å². The summed E-state index contributed by atoms with van der Waals surface area (Å²) in [6.45, 7) is 13.2. The van der Waals surface area contributed by atoms with Crippen molar-refractivity contribution in [2.45, 2.75) is 52.9 Å². The summed E-state index contributed by atoms with van der Waals surface area (Å²) in [6, 6.07) is 15.2. The summed E-state index contributed by atoms with van der Waals surface area (Å²) in [5.41, 5.74) is 7.43. The first-order valence-electron chi connectivity index (χ1n) is 8.17. The molecular formula is C21H27NS. The molecule has 0 saturated heterocycles. The Morgan fingerprint density at radius 1 is 0.957 bits per heavy atom. The zero-order valence-electron chi connectivity index (χ0n) is 15.1. The van der Waals surface area contributed by atoms with Crippen LogP contribution in [0.5, 0.6) is 0 Å². The van der Waals surface area contributed by atoms with E-state index in [0.717, 1.165) is 5.52 Å². The molecule has 0 fully saturated rings.